The van der Waals surface area contributed by atoms with E-state index >= 15 is 0 Å². The second-order valence-corrected chi connectivity index (χ2v) is 5.14. The number of carbonyl (C=O) groups excluding carboxylic acids is 2. The van der Waals surface area contributed by atoms with Gasteiger partial charge in [-0.1, -0.05) is 0 Å². The van der Waals surface area contributed by atoms with E-state index in [-0.39, 0.29) is 0 Å². The van der Waals surface area contributed by atoms with Crippen molar-refractivity contribution < 1.29 is 19.1 Å². The highest BCUT2D eigenvalue weighted by molar-refractivity contribution is 5.96. The first-order valence-electron chi connectivity index (χ1n) is 7.25. The fourth-order valence-corrected chi connectivity index (χ4v) is 1.72. The molecule has 2 amide bonds. The van der Waals surface area contributed by atoms with E-state index in [1.54, 1.807) is 0 Å². The lowest BCUT2D eigenvalue weighted by molar-refractivity contribution is 0.0988. The molecule has 0 bridgehead atoms. The van der Waals surface area contributed by atoms with Gasteiger partial charge in [0.2, 0.25) is 11.8 Å². The maximum absolute atomic E-state index is 10.6. The molecule has 1 fully saturated rings. The van der Waals surface area contributed by atoms with Gasteiger partial charge in [-0.05, 0) is 48.5 Å². The minimum absolute atomic E-state index is 0.308. The number of carbonyl (C=O) groups is 2. The number of ether oxygens (including phenoxy) is 2. The van der Waals surface area contributed by atoms with Gasteiger partial charge in [-0.3, -0.25) is 9.59 Å². The summed E-state index contributed by atoms with van der Waals surface area (Å²) in [5.41, 5.74) is 17.0. The van der Waals surface area contributed by atoms with Gasteiger partial charge in [-0.15, -0.1) is 0 Å². The van der Waals surface area contributed by atoms with Crippen LogP contribution in [0.3, 0.4) is 0 Å². The molecule has 0 radical (unpaired) electrons. The molecule has 7 heteroatoms. The average Bonchev–Trinajstić information content (AvgIpc) is 3.39. The predicted octanol–water partition coefficient (Wildman–Crippen LogP) is 0.931. The molecule has 7 nitrogen and oxygen atoms in total. The Morgan fingerprint density at radius 3 is 1.79 bits per heavy atom. The molecule has 6 N–H and O–H groups in total. The van der Waals surface area contributed by atoms with Gasteiger partial charge in [0.25, 0.3) is 0 Å². The molecule has 1 aliphatic heterocycles. The van der Waals surface area contributed by atoms with Crippen LogP contribution >= 0.6 is 0 Å². The first-order chi connectivity index (χ1) is 11.5. The molecule has 3 rings (SSSR count). The quantitative estimate of drug-likeness (QED) is 0.554. The summed E-state index contributed by atoms with van der Waals surface area (Å²) in [5.74, 6) is -0.197. The van der Waals surface area contributed by atoms with Crippen LogP contribution in [0.15, 0.2) is 48.5 Å². The highest BCUT2D eigenvalue weighted by atomic mass is 16.6. The third-order valence-electron chi connectivity index (χ3n) is 3.17. The average molecular weight is 329 g/mol. The Kier molecular flexibility index (Phi) is 5.75. The summed E-state index contributed by atoms with van der Waals surface area (Å²) >= 11 is 0. The minimum atomic E-state index is -0.522. The Morgan fingerprint density at radius 2 is 1.42 bits per heavy atom. The van der Waals surface area contributed by atoms with Gasteiger partial charge >= 0.3 is 0 Å². The van der Waals surface area contributed by atoms with Crippen molar-refractivity contribution in [1.82, 2.24) is 0 Å². The van der Waals surface area contributed by atoms with E-state index in [9.17, 15) is 9.59 Å². The Bertz CT molecular complexity index is 662. The van der Waals surface area contributed by atoms with Gasteiger partial charge in [0.05, 0.1) is 6.61 Å². The summed E-state index contributed by atoms with van der Waals surface area (Å²) in [6.07, 6.45) is 0.308. The van der Waals surface area contributed by atoms with E-state index in [2.05, 4.69) is 0 Å². The lowest BCUT2D eigenvalue weighted by Gasteiger charge is -2.03. The molecule has 0 spiro atoms. The van der Waals surface area contributed by atoms with Gasteiger partial charge in [-0.2, -0.15) is 0 Å². The predicted molar refractivity (Wildman–Crippen MR) is 89.6 cm³/mol. The molecule has 0 aromatic heterocycles. The van der Waals surface area contributed by atoms with Gasteiger partial charge < -0.3 is 26.7 Å². The molecule has 2 aromatic rings. The standard InChI is InChI=1S/C9H11NO2.C8H8N2O2/c10-7-1-3-8(4-2-7)11-5-9-6-12-9;9-7(11)5-1-2-6(4-3-5)8(10)12/h1-4,9H,5-6,10H2;1-4H,(H2,9,11)(H2,10,12). The van der Waals surface area contributed by atoms with E-state index in [1.165, 1.54) is 24.3 Å². The summed E-state index contributed by atoms with van der Waals surface area (Å²) in [4.78, 5) is 21.2. The zero-order valence-corrected chi connectivity index (χ0v) is 13.0. The van der Waals surface area contributed by atoms with Crippen LogP contribution in [0.5, 0.6) is 5.75 Å². The molecule has 1 aliphatic rings. The summed E-state index contributed by atoms with van der Waals surface area (Å²) < 4.78 is 10.4. The number of epoxide rings is 1. The van der Waals surface area contributed by atoms with E-state index in [1.807, 2.05) is 24.3 Å². The van der Waals surface area contributed by atoms with Crippen molar-refractivity contribution in [2.45, 2.75) is 6.10 Å². The number of amides is 2. The lowest BCUT2D eigenvalue weighted by Crippen LogP contribution is -2.13. The summed E-state index contributed by atoms with van der Waals surface area (Å²) in [7, 11) is 0. The molecular formula is C17H19N3O4. The number of rotatable bonds is 5. The second kappa shape index (κ2) is 7.98. The van der Waals surface area contributed by atoms with Crippen molar-refractivity contribution in [1.29, 1.82) is 0 Å². The van der Waals surface area contributed by atoms with Gasteiger partial charge in [0.1, 0.15) is 18.5 Å². The lowest BCUT2D eigenvalue weighted by atomic mass is 10.1. The van der Waals surface area contributed by atoms with Crippen molar-refractivity contribution in [3.05, 3.63) is 59.7 Å². The second-order valence-electron chi connectivity index (χ2n) is 5.14. The molecule has 1 atom stereocenters. The van der Waals surface area contributed by atoms with Gasteiger partial charge in [0, 0.05) is 16.8 Å². The van der Waals surface area contributed by atoms with Crippen LogP contribution in [0.1, 0.15) is 20.7 Å². The Balaban J connectivity index is 0.000000174. The largest absolute Gasteiger partial charge is 0.491 e. The Labute approximate surface area is 139 Å². The molecule has 2 aromatic carbocycles. The van der Waals surface area contributed by atoms with Crippen LogP contribution in [0.4, 0.5) is 5.69 Å². The number of nitrogen functional groups attached to an aromatic ring is 1. The van der Waals surface area contributed by atoms with Crippen LogP contribution in [0, 0.1) is 0 Å². The number of hydrogen-bond donors (Lipinski definition) is 3. The molecule has 1 saturated heterocycles. The number of hydrogen-bond acceptors (Lipinski definition) is 5. The van der Waals surface area contributed by atoms with Crippen molar-refractivity contribution in [3.63, 3.8) is 0 Å². The maximum Gasteiger partial charge on any atom is 0.248 e. The van der Waals surface area contributed by atoms with Crippen LogP contribution in [-0.4, -0.2) is 31.1 Å². The normalized spacial score (nSPS) is 14.9. The maximum atomic E-state index is 10.6. The van der Waals surface area contributed by atoms with Crippen LogP contribution in [0.25, 0.3) is 0 Å². The van der Waals surface area contributed by atoms with Gasteiger partial charge in [-0.25, -0.2) is 0 Å². The molecule has 1 unspecified atom stereocenters. The van der Waals surface area contributed by atoms with E-state index < -0.39 is 11.8 Å². The van der Waals surface area contributed by atoms with Gasteiger partial charge in [0.15, 0.2) is 0 Å². The van der Waals surface area contributed by atoms with Crippen molar-refractivity contribution >= 4 is 17.5 Å². The topological polar surface area (TPSA) is 134 Å². The zero-order valence-electron chi connectivity index (χ0n) is 13.0. The number of benzene rings is 2. The number of primary amides is 2. The summed E-state index contributed by atoms with van der Waals surface area (Å²) in [6, 6.07) is 13.2. The van der Waals surface area contributed by atoms with E-state index in [0.29, 0.717) is 23.8 Å². The van der Waals surface area contributed by atoms with Crippen molar-refractivity contribution in [3.8, 4) is 5.75 Å². The molecular weight excluding hydrogens is 310 g/mol. The third-order valence-corrected chi connectivity index (χ3v) is 3.17. The third kappa shape index (κ3) is 5.62. The fraction of sp³-hybridized carbons (Fsp3) is 0.176. The first-order valence-corrected chi connectivity index (χ1v) is 7.25. The number of anilines is 1. The Morgan fingerprint density at radius 1 is 0.958 bits per heavy atom. The highest BCUT2D eigenvalue weighted by Gasteiger charge is 2.22. The number of nitrogens with two attached hydrogens (primary N) is 3. The molecule has 0 saturated carbocycles. The highest BCUT2D eigenvalue weighted by Crippen LogP contribution is 2.16. The van der Waals surface area contributed by atoms with E-state index in [0.717, 1.165) is 18.0 Å². The summed E-state index contributed by atoms with van der Waals surface area (Å²) in [6.45, 7) is 1.47. The first kappa shape index (κ1) is 17.3. The van der Waals surface area contributed by atoms with Crippen molar-refractivity contribution in [2.24, 2.45) is 11.5 Å². The van der Waals surface area contributed by atoms with Crippen LogP contribution < -0.4 is 21.9 Å². The molecule has 0 aliphatic carbocycles. The Hall–Kier alpha value is -3.06. The van der Waals surface area contributed by atoms with E-state index in [4.69, 9.17) is 26.7 Å². The fourth-order valence-electron chi connectivity index (χ4n) is 1.72. The molecule has 24 heavy (non-hydrogen) atoms. The van der Waals surface area contributed by atoms with Crippen molar-refractivity contribution in [2.75, 3.05) is 18.9 Å². The zero-order chi connectivity index (χ0) is 17.5. The summed E-state index contributed by atoms with van der Waals surface area (Å²) in [5, 5.41) is 0. The van der Waals surface area contributed by atoms with Crippen LogP contribution in [-0.2, 0) is 4.74 Å². The SMILES string of the molecule is NC(=O)c1ccc(C(N)=O)cc1.Nc1ccc(OCC2CO2)cc1. The smallest absolute Gasteiger partial charge is 0.248 e. The van der Waals surface area contributed by atoms with Crippen LogP contribution in [0.2, 0.25) is 0 Å². The minimum Gasteiger partial charge on any atom is -0.491 e. The monoisotopic (exact) mass is 329 g/mol. The molecule has 1 heterocycles. The molecule has 126 valence electrons.